The van der Waals surface area contributed by atoms with Crippen molar-refractivity contribution in [3.63, 3.8) is 0 Å². The highest BCUT2D eigenvalue weighted by atomic mass is 16.6. The number of hydrogen-bond donors (Lipinski definition) is 1. The van der Waals surface area contributed by atoms with Gasteiger partial charge in [0.15, 0.2) is 0 Å². The summed E-state index contributed by atoms with van der Waals surface area (Å²) in [7, 11) is 6.52. The van der Waals surface area contributed by atoms with Crippen LogP contribution in [0.4, 0.5) is 0 Å². The van der Waals surface area contributed by atoms with E-state index in [1.165, 1.54) is 12.8 Å². The van der Waals surface area contributed by atoms with Crippen LogP contribution in [0.1, 0.15) is 36.8 Å². The summed E-state index contributed by atoms with van der Waals surface area (Å²) < 4.78 is 6.68. The van der Waals surface area contributed by atoms with Crippen molar-refractivity contribution in [2.24, 2.45) is 5.41 Å². The molecule has 1 aliphatic rings. The third-order valence-corrected chi connectivity index (χ3v) is 5.66. The smallest absolute Gasteiger partial charge is 0.347 e. The Morgan fingerprint density at radius 2 is 1.43 bits per heavy atom. The molecule has 2 aromatic carbocycles. The lowest BCUT2D eigenvalue weighted by molar-refractivity contribution is -0.877. The molecule has 1 saturated carbocycles. The molecule has 0 amide bonds. The van der Waals surface area contributed by atoms with Crippen molar-refractivity contribution in [2.75, 3.05) is 34.3 Å². The molecule has 0 saturated heterocycles. The first-order valence-electron chi connectivity index (χ1n) is 10.1. The van der Waals surface area contributed by atoms with Gasteiger partial charge in [-0.25, -0.2) is 4.79 Å². The Kier molecular flexibility index (Phi) is 5.92. The second-order valence-corrected chi connectivity index (χ2v) is 9.17. The second kappa shape index (κ2) is 8.06. The molecule has 4 heteroatoms. The van der Waals surface area contributed by atoms with E-state index in [1.807, 2.05) is 36.4 Å². The highest BCUT2D eigenvalue weighted by Crippen LogP contribution is 2.40. The molecule has 0 unspecified atom stereocenters. The first-order chi connectivity index (χ1) is 13.3. The summed E-state index contributed by atoms with van der Waals surface area (Å²) in [6.07, 6.45) is 4.45. The maximum absolute atomic E-state index is 13.3. The third-order valence-electron chi connectivity index (χ3n) is 5.66. The molecule has 1 fully saturated rings. The second-order valence-electron chi connectivity index (χ2n) is 9.17. The molecule has 150 valence electrons. The Balaban J connectivity index is 1.86. The van der Waals surface area contributed by atoms with Crippen molar-refractivity contribution in [3.05, 3.63) is 71.8 Å². The summed E-state index contributed by atoms with van der Waals surface area (Å²) in [4.78, 5) is 13.3. The molecule has 0 radical (unpaired) electrons. The zero-order valence-corrected chi connectivity index (χ0v) is 17.2. The van der Waals surface area contributed by atoms with Gasteiger partial charge in [-0.15, -0.1) is 0 Å². The summed E-state index contributed by atoms with van der Waals surface area (Å²) in [5.41, 5.74) is -0.766. The van der Waals surface area contributed by atoms with Crippen LogP contribution < -0.4 is 0 Å². The van der Waals surface area contributed by atoms with E-state index in [4.69, 9.17) is 4.74 Å². The Bertz CT molecular complexity index is 735. The average Bonchev–Trinajstić information content (AvgIpc) is 3.13. The molecule has 0 bridgehead atoms. The minimum absolute atomic E-state index is 0.0117. The predicted octanol–water partition coefficient (Wildman–Crippen LogP) is 3.73. The number of carbonyl (C=O) groups excluding carboxylic acids is 1. The number of benzene rings is 2. The van der Waals surface area contributed by atoms with Crippen LogP contribution in [-0.4, -0.2) is 49.9 Å². The van der Waals surface area contributed by atoms with Crippen LogP contribution in [0.5, 0.6) is 0 Å². The van der Waals surface area contributed by atoms with Crippen LogP contribution in [0, 0.1) is 5.41 Å². The van der Waals surface area contributed by atoms with E-state index in [0.717, 1.165) is 23.9 Å². The number of carbonyl (C=O) groups is 1. The van der Waals surface area contributed by atoms with Crippen molar-refractivity contribution in [1.82, 2.24) is 0 Å². The summed E-state index contributed by atoms with van der Waals surface area (Å²) in [6, 6.07) is 18.1. The summed E-state index contributed by atoms with van der Waals surface area (Å²) in [6.45, 7) is 1.30. The van der Waals surface area contributed by atoms with Crippen molar-refractivity contribution >= 4 is 5.97 Å². The van der Waals surface area contributed by atoms with Crippen LogP contribution >= 0.6 is 0 Å². The molecule has 3 rings (SSSR count). The average molecular weight is 383 g/mol. The van der Waals surface area contributed by atoms with Gasteiger partial charge in [-0.3, -0.25) is 0 Å². The standard InChI is InChI=1S/C24H32NO3/c1-25(2,3)18-23(16-10-11-17-23)19-28-22(26)24(27,20-12-6-4-7-13-20)21-14-8-5-9-15-21/h4-9,12-15,27H,10-11,16-19H2,1-3H3/q+1. The number of ether oxygens (including phenoxy) is 1. The molecular weight excluding hydrogens is 350 g/mol. The van der Waals surface area contributed by atoms with Crippen molar-refractivity contribution in [2.45, 2.75) is 31.3 Å². The minimum atomic E-state index is -1.81. The van der Waals surface area contributed by atoms with Gasteiger partial charge in [0.25, 0.3) is 0 Å². The molecule has 1 aliphatic carbocycles. The van der Waals surface area contributed by atoms with Crippen LogP contribution in [0.25, 0.3) is 0 Å². The summed E-state index contributed by atoms with van der Waals surface area (Å²) in [5, 5.41) is 11.5. The van der Waals surface area contributed by atoms with Crippen molar-refractivity contribution < 1.29 is 19.1 Å². The normalized spacial score (nSPS) is 16.7. The number of quaternary nitrogens is 1. The molecule has 0 spiro atoms. The Morgan fingerprint density at radius 3 is 1.86 bits per heavy atom. The summed E-state index contributed by atoms with van der Waals surface area (Å²) >= 11 is 0. The number of aliphatic hydroxyl groups is 1. The highest BCUT2D eigenvalue weighted by Gasteiger charge is 2.45. The topological polar surface area (TPSA) is 46.5 Å². The number of esters is 1. The van der Waals surface area contributed by atoms with Gasteiger partial charge in [-0.1, -0.05) is 73.5 Å². The van der Waals surface area contributed by atoms with E-state index < -0.39 is 11.6 Å². The van der Waals surface area contributed by atoms with E-state index >= 15 is 0 Å². The van der Waals surface area contributed by atoms with Crippen LogP contribution in [-0.2, 0) is 15.1 Å². The van der Waals surface area contributed by atoms with Gasteiger partial charge >= 0.3 is 5.97 Å². The predicted molar refractivity (Wildman–Crippen MR) is 111 cm³/mol. The highest BCUT2D eigenvalue weighted by molar-refractivity contribution is 5.85. The zero-order chi connectivity index (χ0) is 20.3. The van der Waals surface area contributed by atoms with Crippen LogP contribution in [0.2, 0.25) is 0 Å². The van der Waals surface area contributed by atoms with Crippen molar-refractivity contribution in [1.29, 1.82) is 0 Å². The maximum Gasteiger partial charge on any atom is 0.347 e. The van der Waals surface area contributed by atoms with E-state index in [1.54, 1.807) is 24.3 Å². The third kappa shape index (κ3) is 4.45. The quantitative estimate of drug-likeness (QED) is 0.586. The minimum Gasteiger partial charge on any atom is -0.462 e. The largest absolute Gasteiger partial charge is 0.462 e. The van der Waals surface area contributed by atoms with Gasteiger partial charge in [0.05, 0.1) is 33.1 Å². The lowest BCUT2D eigenvalue weighted by atomic mass is 9.84. The molecule has 0 aliphatic heterocycles. The van der Waals surface area contributed by atoms with Gasteiger partial charge < -0.3 is 14.3 Å². The lowest BCUT2D eigenvalue weighted by Crippen LogP contribution is -2.47. The molecule has 0 atom stereocenters. The van der Waals surface area contributed by atoms with Gasteiger partial charge in [-0.05, 0) is 24.0 Å². The Morgan fingerprint density at radius 1 is 0.964 bits per heavy atom. The molecular formula is C24H32NO3+. The molecule has 1 N–H and O–H groups in total. The van der Waals surface area contributed by atoms with Gasteiger partial charge in [0.2, 0.25) is 5.60 Å². The lowest BCUT2D eigenvalue weighted by Gasteiger charge is -2.37. The fraction of sp³-hybridized carbons (Fsp3) is 0.458. The van der Waals surface area contributed by atoms with Crippen molar-refractivity contribution in [3.8, 4) is 0 Å². The number of nitrogens with zero attached hydrogens (tertiary/aromatic N) is 1. The fourth-order valence-electron chi connectivity index (χ4n) is 4.56. The first kappa shape index (κ1) is 20.6. The Hall–Kier alpha value is -2.17. The van der Waals surface area contributed by atoms with Gasteiger partial charge in [0, 0.05) is 0 Å². The van der Waals surface area contributed by atoms with E-state index in [9.17, 15) is 9.90 Å². The van der Waals surface area contributed by atoms with E-state index in [2.05, 4.69) is 21.1 Å². The van der Waals surface area contributed by atoms with Crippen LogP contribution in [0.15, 0.2) is 60.7 Å². The zero-order valence-electron chi connectivity index (χ0n) is 17.2. The van der Waals surface area contributed by atoms with Gasteiger partial charge in [0.1, 0.15) is 6.61 Å². The van der Waals surface area contributed by atoms with Gasteiger partial charge in [-0.2, -0.15) is 0 Å². The number of hydrogen-bond acceptors (Lipinski definition) is 3. The fourth-order valence-corrected chi connectivity index (χ4v) is 4.56. The van der Waals surface area contributed by atoms with E-state index in [0.29, 0.717) is 17.7 Å². The first-order valence-corrected chi connectivity index (χ1v) is 10.1. The number of rotatable bonds is 7. The van der Waals surface area contributed by atoms with E-state index in [-0.39, 0.29) is 5.41 Å². The SMILES string of the molecule is C[N+](C)(C)CC1(COC(=O)C(O)(c2ccccc2)c2ccccc2)CCCC1. The van der Waals surface area contributed by atoms with Crippen LogP contribution in [0.3, 0.4) is 0 Å². The molecule has 4 nitrogen and oxygen atoms in total. The molecule has 0 aromatic heterocycles. The maximum atomic E-state index is 13.3. The Labute approximate surface area is 168 Å². The molecule has 2 aromatic rings. The molecule has 0 heterocycles. The molecule has 28 heavy (non-hydrogen) atoms. The summed E-state index contributed by atoms with van der Waals surface area (Å²) in [5.74, 6) is -0.599. The monoisotopic (exact) mass is 382 g/mol.